The second kappa shape index (κ2) is 11.7. The molecule has 0 bridgehead atoms. The maximum atomic E-state index is 13.2. The molecule has 2 aliphatic rings. The first-order chi connectivity index (χ1) is 16.3. The van der Waals surface area contributed by atoms with Crippen LogP contribution < -0.4 is 10.5 Å². The van der Waals surface area contributed by atoms with Crippen molar-refractivity contribution in [1.29, 1.82) is 5.26 Å². The lowest BCUT2D eigenvalue weighted by molar-refractivity contribution is -0.137. The largest absolute Gasteiger partial charge is 0.481 e. The lowest BCUT2D eigenvalue weighted by atomic mass is 10.0. The number of thioether (sulfide) groups is 1. The number of carbonyl (C=O) groups is 2. The fourth-order valence-electron chi connectivity index (χ4n) is 4.42. The predicted molar refractivity (Wildman–Crippen MR) is 138 cm³/mol. The van der Waals surface area contributed by atoms with Crippen LogP contribution in [0.1, 0.15) is 68.1 Å². The normalized spacial score (nSPS) is 17.9. The van der Waals surface area contributed by atoms with E-state index in [0.29, 0.717) is 46.2 Å². The van der Waals surface area contributed by atoms with Gasteiger partial charge in [0.1, 0.15) is 21.8 Å². The molecule has 0 unspecified atom stereocenters. The number of nitriles is 1. The summed E-state index contributed by atoms with van der Waals surface area (Å²) in [5, 5.41) is 18.4. The molecule has 0 radical (unpaired) electrons. The minimum absolute atomic E-state index is 0.0845. The summed E-state index contributed by atoms with van der Waals surface area (Å²) in [5.74, 6) is -0.276. The Hall–Kier alpha value is -2.64. The zero-order chi connectivity index (χ0) is 24.8. The van der Waals surface area contributed by atoms with Gasteiger partial charge in [-0.1, -0.05) is 43.2 Å². The smallest absolute Gasteiger partial charge is 0.303 e. The van der Waals surface area contributed by atoms with Gasteiger partial charge in [-0.05, 0) is 44.2 Å². The van der Waals surface area contributed by atoms with Crippen LogP contribution >= 0.6 is 24.0 Å². The summed E-state index contributed by atoms with van der Waals surface area (Å²) in [6, 6.07) is 2.04. The molecule has 8 nitrogen and oxygen atoms in total. The van der Waals surface area contributed by atoms with Crippen molar-refractivity contribution in [2.24, 2.45) is 7.05 Å². The molecule has 2 fully saturated rings. The molecular formula is C24H30N4O4S2. The van der Waals surface area contributed by atoms with Gasteiger partial charge in [0.05, 0.1) is 4.91 Å². The minimum Gasteiger partial charge on any atom is -0.481 e. The first-order valence-electron chi connectivity index (χ1n) is 11.6. The van der Waals surface area contributed by atoms with Gasteiger partial charge in [0.25, 0.3) is 11.5 Å². The number of hydrogen-bond acceptors (Lipinski definition) is 7. The number of hydrogen-bond donors (Lipinski definition) is 1. The fraction of sp³-hybridized carbons (Fsp3) is 0.542. The van der Waals surface area contributed by atoms with Crippen molar-refractivity contribution in [1.82, 2.24) is 9.47 Å². The Morgan fingerprint density at radius 3 is 2.47 bits per heavy atom. The van der Waals surface area contributed by atoms with Crippen LogP contribution in [0.25, 0.3) is 6.08 Å². The van der Waals surface area contributed by atoms with Crippen molar-refractivity contribution >= 4 is 52.1 Å². The topological polar surface area (TPSA) is 107 Å². The van der Waals surface area contributed by atoms with Gasteiger partial charge in [0.15, 0.2) is 0 Å². The van der Waals surface area contributed by atoms with Crippen molar-refractivity contribution in [2.75, 3.05) is 24.5 Å². The van der Waals surface area contributed by atoms with Gasteiger partial charge in [0.2, 0.25) is 0 Å². The summed E-state index contributed by atoms with van der Waals surface area (Å²) >= 11 is 6.67. The molecule has 2 saturated heterocycles. The number of rotatable bonds is 8. The van der Waals surface area contributed by atoms with Gasteiger partial charge in [-0.3, -0.25) is 23.9 Å². The highest BCUT2D eigenvalue weighted by atomic mass is 32.2. The van der Waals surface area contributed by atoms with E-state index in [-0.39, 0.29) is 23.5 Å². The van der Waals surface area contributed by atoms with Gasteiger partial charge in [0, 0.05) is 38.7 Å². The monoisotopic (exact) mass is 502 g/mol. The van der Waals surface area contributed by atoms with Gasteiger partial charge < -0.3 is 10.0 Å². The quantitative estimate of drug-likeness (QED) is 0.325. The van der Waals surface area contributed by atoms with E-state index in [1.165, 1.54) is 16.3 Å². The molecule has 0 atom stereocenters. The van der Waals surface area contributed by atoms with Crippen LogP contribution in [0.3, 0.4) is 0 Å². The standard InChI is InChI=1S/C24H30N4O4S2/c1-16-17(14-19-23(32)28(24(33)34-19)13-9-5-6-10-20(29)30)21(26(2)22(31)18(16)15-25)27-11-7-3-4-8-12-27/h14H,3-13H2,1-2H3,(H,29,30). The highest BCUT2D eigenvalue weighted by Crippen LogP contribution is 2.36. The number of pyridine rings is 1. The zero-order valence-corrected chi connectivity index (χ0v) is 21.3. The molecule has 0 spiro atoms. The van der Waals surface area contributed by atoms with E-state index in [0.717, 1.165) is 44.6 Å². The Kier molecular flexibility index (Phi) is 8.91. The molecule has 0 aromatic carbocycles. The van der Waals surface area contributed by atoms with Crippen LogP contribution in [-0.4, -0.2) is 50.4 Å². The number of carbonyl (C=O) groups excluding carboxylic acids is 1. The van der Waals surface area contributed by atoms with E-state index < -0.39 is 5.97 Å². The van der Waals surface area contributed by atoms with Gasteiger partial charge in [-0.25, -0.2) is 0 Å². The van der Waals surface area contributed by atoms with E-state index in [2.05, 4.69) is 4.90 Å². The first-order valence-corrected chi connectivity index (χ1v) is 12.8. The number of aromatic nitrogens is 1. The highest BCUT2D eigenvalue weighted by Gasteiger charge is 2.32. The number of amides is 1. The summed E-state index contributed by atoms with van der Waals surface area (Å²) in [6.45, 7) is 3.83. The molecular weight excluding hydrogens is 472 g/mol. The predicted octanol–water partition coefficient (Wildman–Crippen LogP) is 3.79. The van der Waals surface area contributed by atoms with Crippen LogP contribution in [0.15, 0.2) is 9.70 Å². The molecule has 1 aromatic heterocycles. The first kappa shape index (κ1) is 26.0. The van der Waals surface area contributed by atoms with E-state index in [4.69, 9.17) is 17.3 Å². The third-order valence-corrected chi connectivity index (χ3v) is 7.67. The van der Waals surface area contributed by atoms with E-state index in [9.17, 15) is 19.6 Å². The molecule has 34 heavy (non-hydrogen) atoms. The summed E-state index contributed by atoms with van der Waals surface area (Å²) in [6.07, 6.45) is 8.15. The summed E-state index contributed by atoms with van der Waals surface area (Å²) in [7, 11) is 1.68. The number of nitrogens with zero attached hydrogens (tertiary/aromatic N) is 4. The Labute approximate surface area is 209 Å². The lowest BCUT2D eigenvalue weighted by Crippen LogP contribution is -2.34. The Morgan fingerprint density at radius 1 is 1.18 bits per heavy atom. The highest BCUT2D eigenvalue weighted by molar-refractivity contribution is 8.26. The maximum Gasteiger partial charge on any atom is 0.303 e. The van der Waals surface area contributed by atoms with Crippen molar-refractivity contribution in [3.05, 3.63) is 31.9 Å². The second-order valence-corrected chi connectivity index (χ2v) is 10.3. The number of thiocarbonyl (C=S) groups is 1. The Morgan fingerprint density at radius 2 is 1.85 bits per heavy atom. The molecule has 1 aromatic rings. The van der Waals surface area contributed by atoms with Crippen LogP contribution in [0, 0.1) is 18.3 Å². The van der Waals surface area contributed by atoms with Crippen LogP contribution in [0.5, 0.6) is 0 Å². The fourth-order valence-corrected chi connectivity index (χ4v) is 5.71. The molecule has 1 N–H and O–H groups in total. The maximum absolute atomic E-state index is 13.2. The molecule has 0 aliphatic carbocycles. The number of aliphatic carboxylic acids is 1. The molecule has 1 amide bonds. The summed E-state index contributed by atoms with van der Waals surface area (Å²) < 4.78 is 2.00. The average Bonchev–Trinajstić information content (AvgIpc) is 2.97. The third kappa shape index (κ3) is 5.70. The van der Waals surface area contributed by atoms with Crippen molar-refractivity contribution in [2.45, 2.75) is 58.3 Å². The van der Waals surface area contributed by atoms with Crippen molar-refractivity contribution in [3.63, 3.8) is 0 Å². The zero-order valence-electron chi connectivity index (χ0n) is 19.6. The summed E-state index contributed by atoms with van der Waals surface area (Å²) in [5.41, 5.74) is 1.04. The van der Waals surface area contributed by atoms with Crippen molar-refractivity contribution < 1.29 is 14.7 Å². The third-order valence-electron chi connectivity index (χ3n) is 6.29. The lowest BCUT2D eigenvalue weighted by Gasteiger charge is -2.28. The molecule has 2 aliphatic heterocycles. The number of anilines is 1. The number of carboxylic acid groups (broad SMARTS) is 1. The Bertz CT molecular complexity index is 1110. The van der Waals surface area contributed by atoms with Gasteiger partial charge in [-0.15, -0.1) is 0 Å². The molecule has 10 heteroatoms. The molecule has 182 valence electrons. The van der Waals surface area contributed by atoms with Gasteiger partial charge in [-0.2, -0.15) is 5.26 Å². The minimum atomic E-state index is -0.821. The molecule has 0 saturated carbocycles. The molecule has 3 heterocycles. The summed E-state index contributed by atoms with van der Waals surface area (Å²) in [4.78, 5) is 41.0. The van der Waals surface area contributed by atoms with Crippen LogP contribution in [0.2, 0.25) is 0 Å². The average molecular weight is 503 g/mol. The molecule has 3 rings (SSSR count). The number of unbranched alkanes of at least 4 members (excludes halogenated alkanes) is 2. The second-order valence-electron chi connectivity index (χ2n) is 8.65. The number of carboxylic acids is 1. The Balaban J connectivity index is 1.93. The van der Waals surface area contributed by atoms with E-state index >= 15 is 0 Å². The van der Waals surface area contributed by atoms with Crippen molar-refractivity contribution in [3.8, 4) is 6.07 Å². The SMILES string of the molecule is Cc1c(C=C2SC(=S)N(CCCCCC(=O)O)C2=O)c(N2CCCCCC2)n(C)c(=O)c1C#N. The van der Waals surface area contributed by atoms with Crippen LogP contribution in [-0.2, 0) is 16.6 Å². The van der Waals surface area contributed by atoms with E-state index in [1.54, 1.807) is 24.9 Å². The van der Waals surface area contributed by atoms with Gasteiger partial charge >= 0.3 is 5.97 Å². The van der Waals surface area contributed by atoms with E-state index in [1.807, 2.05) is 6.07 Å². The van der Waals surface area contributed by atoms with Crippen LogP contribution in [0.4, 0.5) is 5.82 Å².